The van der Waals surface area contributed by atoms with Crippen molar-refractivity contribution in [2.24, 2.45) is 5.92 Å². The van der Waals surface area contributed by atoms with E-state index in [1.54, 1.807) is 6.26 Å². The molecule has 0 amide bonds. The largest absolute Gasteiger partial charge is 0.461 e. The number of nitrogens with zero attached hydrogens (tertiary/aromatic N) is 3. The van der Waals surface area contributed by atoms with Gasteiger partial charge >= 0.3 is 0 Å². The second-order valence-corrected chi connectivity index (χ2v) is 5.29. The summed E-state index contributed by atoms with van der Waals surface area (Å²) in [5.74, 6) is 2.53. The minimum Gasteiger partial charge on any atom is -0.461 e. The minimum absolute atomic E-state index is 0.522. The van der Waals surface area contributed by atoms with Crippen LogP contribution >= 0.6 is 0 Å². The first kappa shape index (κ1) is 13.3. The van der Waals surface area contributed by atoms with Crippen molar-refractivity contribution in [3.05, 3.63) is 24.3 Å². The number of hydrogen-bond acceptors (Lipinski definition) is 6. The van der Waals surface area contributed by atoms with Crippen LogP contribution in [0.3, 0.4) is 0 Å². The molecular formula is C14H20N4O2. The van der Waals surface area contributed by atoms with E-state index in [-0.39, 0.29) is 0 Å². The van der Waals surface area contributed by atoms with Crippen molar-refractivity contribution in [1.82, 2.24) is 20.4 Å². The summed E-state index contributed by atoms with van der Waals surface area (Å²) >= 11 is 0. The zero-order chi connectivity index (χ0) is 13.8. The van der Waals surface area contributed by atoms with Crippen molar-refractivity contribution in [3.63, 3.8) is 0 Å². The van der Waals surface area contributed by atoms with Gasteiger partial charge in [-0.25, -0.2) is 0 Å². The maximum atomic E-state index is 5.31. The molecule has 0 bridgehead atoms. The summed E-state index contributed by atoms with van der Waals surface area (Å²) in [7, 11) is 2.01. The van der Waals surface area contributed by atoms with Crippen LogP contribution in [0, 0.1) is 5.92 Å². The van der Waals surface area contributed by atoms with Gasteiger partial charge in [0, 0.05) is 6.54 Å². The van der Waals surface area contributed by atoms with Crippen molar-refractivity contribution in [3.8, 4) is 11.6 Å². The molecule has 0 saturated carbocycles. The molecule has 1 aliphatic rings. The average molecular weight is 276 g/mol. The van der Waals surface area contributed by atoms with Crippen LogP contribution < -0.4 is 5.32 Å². The first-order valence-corrected chi connectivity index (χ1v) is 7.08. The molecule has 2 aromatic rings. The van der Waals surface area contributed by atoms with Crippen molar-refractivity contribution in [2.45, 2.75) is 19.4 Å². The summed E-state index contributed by atoms with van der Waals surface area (Å²) < 4.78 is 10.6. The Bertz CT molecular complexity index is 521. The van der Waals surface area contributed by atoms with E-state index < -0.39 is 0 Å². The third-order valence-corrected chi connectivity index (χ3v) is 3.66. The highest BCUT2D eigenvalue weighted by Crippen LogP contribution is 2.19. The summed E-state index contributed by atoms with van der Waals surface area (Å²) in [6.45, 7) is 3.96. The molecule has 3 rings (SSSR count). The minimum atomic E-state index is 0.522. The van der Waals surface area contributed by atoms with Crippen molar-refractivity contribution >= 4 is 0 Å². The Morgan fingerprint density at radius 3 is 3.25 bits per heavy atom. The van der Waals surface area contributed by atoms with Gasteiger partial charge < -0.3 is 14.3 Å². The van der Waals surface area contributed by atoms with E-state index in [0.717, 1.165) is 19.6 Å². The molecule has 0 spiro atoms. The van der Waals surface area contributed by atoms with E-state index in [9.17, 15) is 0 Å². The molecule has 1 saturated heterocycles. The van der Waals surface area contributed by atoms with E-state index in [2.05, 4.69) is 20.4 Å². The lowest BCUT2D eigenvalue weighted by atomic mass is 9.98. The number of likely N-dealkylation sites (tertiary alicyclic amines) is 1. The highest BCUT2D eigenvalue weighted by molar-refractivity contribution is 5.44. The molecule has 108 valence electrons. The quantitative estimate of drug-likeness (QED) is 0.897. The van der Waals surface area contributed by atoms with E-state index in [1.165, 1.54) is 12.8 Å². The number of nitrogens with one attached hydrogen (secondary N) is 1. The van der Waals surface area contributed by atoms with Crippen molar-refractivity contribution in [2.75, 3.05) is 26.7 Å². The highest BCUT2D eigenvalue weighted by Gasteiger charge is 2.21. The monoisotopic (exact) mass is 276 g/mol. The summed E-state index contributed by atoms with van der Waals surface area (Å²) in [5, 5.41) is 7.21. The van der Waals surface area contributed by atoms with Gasteiger partial charge in [0.1, 0.15) is 0 Å². The van der Waals surface area contributed by atoms with Crippen LogP contribution in [0.25, 0.3) is 11.6 Å². The average Bonchev–Trinajstić information content (AvgIpc) is 3.10. The molecular weight excluding hydrogens is 256 g/mol. The Balaban J connectivity index is 1.60. The van der Waals surface area contributed by atoms with Crippen LogP contribution in [0.2, 0.25) is 0 Å². The topological polar surface area (TPSA) is 67.3 Å². The number of hydrogen-bond donors (Lipinski definition) is 1. The Morgan fingerprint density at radius 2 is 2.45 bits per heavy atom. The van der Waals surface area contributed by atoms with Crippen LogP contribution in [0.1, 0.15) is 18.7 Å². The van der Waals surface area contributed by atoms with Gasteiger partial charge in [-0.15, -0.1) is 0 Å². The summed E-state index contributed by atoms with van der Waals surface area (Å²) in [5.41, 5.74) is 0. The molecule has 0 aromatic carbocycles. The van der Waals surface area contributed by atoms with Crippen LogP contribution in [0.15, 0.2) is 27.3 Å². The van der Waals surface area contributed by atoms with Gasteiger partial charge in [-0.3, -0.25) is 4.90 Å². The Labute approximate surface area is 118 Å². The summed E-state index contributed by atoms with van der Waals surface area (Å²) in [6, 6.07) is 3.65. The molecule has 6 heteroatoms. The second-order valence-electron chi connectivity index (χ2n) is 5.29. The van der Waals surface area contributed by atoms with Gasteiger partial charge in [-0.1, -0.05) is 5.16 Å². The fourth-order valence-electron chi connectivity index (χ4n) is 2.77. The van der Waals surface area contributed by atoms with Gasteiger partial charge in [0.2, 0.25) is 11.7 Å². The van der Waals surface area contributed by atoms with Crippen LogP contribution in [0.5, 0.6) is 0 Å². The van der Waals surface area contributed by atoms with E-state index >= 15 is 0 Å². The molecule has 1 unspecified atom stereocenters. The smallest absolute Gasteiger partial charge is 0.241 e. The predicted octanol–water partition coefficient (Wildman–Crippen LogP) is 1.76. The molecule has 6 nitrogen and oxygen atoms in total. The van der Waals surface area contributed by atoms with Crippen molar-refractivity contribution < 1.29 is 8.94 Å². The lowest BCUT2D eigenvalue weighted by Crippen LogP contribution is -2.38. The van der Waals surface area contributed by atoms with Gasteiger partial charge in [0.15, 0.2) is 5.76 Å². The molecule has 1 atom stereocenters. The lowest BCUT2D eigenvalue weighted by molar-refractivity contribution is 0.149. The van der Waals surface area contributed by atoms with E-state index in [1.807, 2.05) is 19.2 Å². The van der Waals surface area contributed by atoms with Crippen LogP contribution in [0.4, 0.5) is 0 Å². The predicted molar refractivity (Wildman–Crippen MR) is 73.9 cm³/mol. The summed E-state index contributed by atoms with van der Waals surface area (Å²) in [4.78, 5) is 6.77. The fourth-order valence-corrected chi connectivity index (χ4v) is 2.77. The molecule has 3 heterocycles. The third-order valence-electron chi connectivity index (χ3n) is 3.66. The zero-order valence-corrected chi connectivity index (χ0v) is 11.7. The second kappa shape index (κ2) is 6.19. The molecule has 1 fully saturated rings. The molecule has 1 N–H and O–H groups in total. The summed E-state index contributed by atoms with van der Waals surface area (Å²) in [6.07, 6.45) is 4.13. The van der Waals surface area contributed by atoms with Crippen molar-refractivity contribution in [1.29, 1.82) is 0 Å². The maximum absolute atomic E-state index is 5.31. The molecule has 2 aromatic heterocycles. The Hall–Kier alpha value is -1.66. The highest BCUT2D eigenvalue weighted by atomic mass is 16.5. The first-order chi connectivity index (χ1) is 9.85. The van der Waals surface area contributed by atoms with Gasteiger partial charge in [-0.2, -0.15) is 4.98 Å². The van der Waals surface area contributed by atoms with Gasteiger partial charge in [0.05, 0.1) is 12.8 Å². The molecule has 1 aliphatic heterocycles. The number of furan rings is 1. The Kier molecular flexibility index (Phi) is 4.13. The third kappa shape index (κ3) is 3.08. The fraction of sp³-hybridized carbons (Fsp3) is 0.571. The van der Waals surface area contributed by atoms with Gasteiger partial charge in [0.25, 0.3) is 0 Å². The molecule has 0 aliphatic carbocycles. The number of piperidine rings is 1. The van der Waals surface area contributed by atoms with Crippen LogP contribution in [-0.2, 0) is 6.54 Å². The zero-order valence-electron chi connectivity index (χ0n) is 11.7. The number of aromatic nitrogens is 2. The molecule has 0 radical (unpaired) electrons. The maximum Gasteiger partial charge on any atom is 0.241 e. The lowest BCUT2D eigenvalue weighted by Gasteiger charge is -2.31. The standard InChI is InChI=1S/C14H20N4O2/c1-15-8-11-4-2-6-18(9-11)10-13-16-14(17-20-13)12-5-3-7-19-12/h3,5,7,11,15H,2,4,6,8-10H2,1H3. The Morgan fingerprint density at radius 1 is 1.50 bits per heavy atom. The van der Waals surface area contributed by atoms with E-state index in [0.29, 0.717) is 29.9 Å². The number of rotatable bonds is 5. The van der Waals surface area contributed by atoms with E-state index in [4.69, 9.17) is 8.94 Å². The normalized spacial score (nSPS) is 20.4. The van der Waals surface area contributed by atoms with Gasteiger partial charge in [-0.05, 0) is 51.0 Å². The first-order valence-electron chi connectivity index (χ1n) is 7.08. The SMILES string of the molecule is CNCC1CCCN(Cc2nc(-c3ccco3)no2)C1. The molecule has 20 heavy (non-hydrogen) atoms. The van der Waals surface area contributed by atoms with Crippen LogP contribution in [-0.4, -0.2) is 41.7 Å².